The molecule has 0 spiro atoms. The highest BCUT2D eigenvalue weighted by Crippen LogP contribution is 2.42. The van der Waals surface area contributed by atoms with Crippen LogP contribution in [0.25, 0.3) is 0 Å². The van der Waals surface area contributed by atoms with Gasteiger partial charge in [-0.1, -0.05) is 12.1 Å². The van der Waals surface area contributed by atoms with Crippen LogP contribution in [0.2, 0.25) is 0 Å². The Morgan fingerprint density at radius 2 is 1.93 bits per heavy atom. The summed E-state index contributed by atoms with van der Waals surface area (Å²) >= 11 is 0. The summed E-state index contributed by atoms with van der Waals surface area (Å²) < 4.78 is 16.4. The summed E-state index contributed by atoms with van der Waals surface area (Å²) in [5.41, 5.74) is 1.33. The van der Waals surface area contributed by atoms with Gasteiger partial charge in [-0.15, -0.1) is 0 Å². The van der Waals surface area contributed by atoms with Crippen LogP contribution < -0.4 is 14.8 Å². The third-order valence-electron chi connectivity index (χ3n) is 7.22. The van der Waals surface area contributed by atoms with Crippen molar-refractivity contribution in [3.05, 3.63) is 23.8 Å². The van der Waals surface area contributed by atoms with E-state index in [9.17, 15) is 4.79 Å². The Balaban J connectivity index is 1.16. The van der Waals surface area contributed by atoms with Gasteiger partial charge in [0, 0.05) is 18.7 Å². The number of piperidine rings is 1. The average molecular weight is 417 g/mol. The van der Waals surface area contributed by atoms with Gasteiger partial charge in [-0.2, -0.15) is 0 Å². The molecule has 1 N–H and O–H groups in total. The lowest BCUT2D eigenvalue weighted by Crippen LogP contribution is -2.43. The first kappa shape index (κ1) is 21.4. The van der Waals surface area contributed by atoms with E-state index in [4.69, 9.17) is 14.2 Å². The van der Waals surface area contributed by atoms with Crippen molar-refractivity contribution >= 4 is 5.91 Å². The van der Waals surface area contributed by atoms with Crippen molar-refractivity contribution < 1.29 is 19.0 Å². The minimum atomic E-state index is -0.360. The van der Waals surface area contributed by atoms with Gasteiger partial charge >= 0.3 is 0 Å². The van der Waals surface area contributed by atoms with Crippen LogP contribution in [0.4, 0.5) is 0 Å². The SMILES string of the molecule is CO[C@@H](C)C(=O)NC1CCC(CCN2CCC(c3cccc4c3OCO4)CC2)CC1. The zero-order valence-corrected chi connectivity index (χ0v) is 18.4. The fourth-order valence-electron chi connectivity index (χ4n) is 5.13. The number of ether oxygens (including phenoxy) is 3. The maximum Gasteiger partial charge on any atom is 0.249 e. The average Bonchev–Trinajstić information content (AvgIpc) is 3.27. The topological polar surface area (TPSA) is 60.0 Å². The Morgan fingerprint density at radius 1 is 1.17 bits per heavy atom. The van der Waals surface area contributed by atoms with Gasteiger partial charge in [0.1, 0.15) is 6.10 Å². The number of likely N-dealkylation sites (tertiary alicyclic amines) is 1. The standard InChI is InChI=1S/C24H36N2O4/c1-17(28-2)24(27)25-20-8-6-18(7-9-20)10-13-26-14-11-19(12-15-26)21-4-3-5-22-23(21)30-16-29-22/h3-5,17-20H,6-16H2,1-2H3,(H,25,27)/t17-,18?,20?/m0/s1. The molecule has 3 aliphatic rings. The second-order valence-corrected chi connectivity index (χ2v) is 9.09. The molecule has 1 saturated heterocycles. The van der Waals surface area contributed by atoms with Gasteiger partial charge in [-0.25, -0.2) is 0 Å². The molecule has 0 bridgehead atoms. The number of benzene rings is 1. The maximum atomic E-state index is 12.0. The number of carbonyl (C=O) groups excluding carboxylic acids is 1. The first-order chi connectivity index (χ1) is 14.6. The minimum Gasteiger partial charge on any atom is -0.454 e. The number of hydrogen-bond donors (Lipinski definition) is 1. The van der Waals surface area contributed by atoms with Crippen molar-refractivity contribution in [3.8, 4) is 11.5 Å². The first-order valence-corrected chi connectivity index (χ1v) is 11.6. The van der Waals surface area contributed by atoms with E-state index in [1.807, 2.05) is 6.07 Å². The first-order valence-electron chi connectivity index (χ1n) is 11.6. The van der Waals surface area contributed by atoms with Crippen molar-refractivity contribution in [2.24, 2.45) is 5.92 Å². The van der Waals surface area contributed by atoms with Crippen LogP contribution in [-0.4, -0.2) is 56.5 Å². The Bertz CT molecular complexity index is 709. The fourth-order valence-corrected chi connectivity index (χ4v) is 5.13. The molecular formula is C24H36N2O4. The molecule has 0 radical (unpaired) electrons. The molecule has 1 atom stereocenters. The lowest BCUT2D eigenvalue weighted by Gasteiger charge is -2.35. The molecule has 1 amide bonds. The van der Waals surface area contributed by atoms with Crippen LogP contribution in [0.15, 0.2) is 18.2 Å². The normalized spacial score (nSPS) is 25.8. The molecule has 1 aromatic rings. The van der Waals surface area contributed by atoms with E-state index in [1.54, 1.807) is 14.0 Å². The second-order valence-electron chi connectivity index (χ2n) is 9.09. The van der Waals surface area contributed by atoms with Gasteiger partial charge in [0.05, 0.1) is 0 Å². The van der Waals surface area contributed by atoms with Gasteiger partial charge in [0.25, 0.3) is 0 Å². The summed E-state index contributed by atoms with van der Waals surface area (Å²) in [7, 11) is 1.58. The highest BCUT2D eigenvalue weighted by atomic mass is 16.7. The van der Waals surface area contributed by atoms with Crippen molar-refractivity contribution in [1.82, 2.24) is 10.2 Å². The molecule has 0 unspecified atom stereocenters. The quantitative estimate of drug-likeness (QED) is 0.735. The molecule has 166 valence electrons. The van der Waals surface area contributed by atoms with E-state index >= 15 is 0 Å². The van der Waals surface area contributed by atoms with Gasteiger partial charge in [-0.05, 0) is 89.4 Å². The molecule has 6 nitrogen and oxygen atoms in total. The molecule has 1 saturated carbocycles. The van der Waals surface area contributed by atoms with Crippen LogP contribution >= 0.6 is 0 Å². The number of hydrogen-bond acceptors (Lipinski definition) is 5. The monoisotopic (exact) mass is 416 g/mol. The van der Waals surface area contributed by atoms with Gasteiger partial charge in [0.15, 0.2) is 11.5 Å². The van der Waals surface area contributed by atoms with E-state index in [0.717, 1.165) is 43.3 Å². The van der Waals surface area contributed by atoms with Gasteiger partial charge < -0.3 is 24.4 Å². The molecular weight excluding hydrogens is 380 g/mol. The third-order valence-corrected chi connectivity index (χ3v) is 7.22. The number of amides is 1. The predicted molar refractivity (Wildman–Crippen MR) is 116 cm³/mol. The highest BCUT2D eigenvalue weighted by molar-refractivity contribution is 5.80. The maximum absolute atomic E-state index is 12.0. The van der Waals surface area contributed by atoms with Crippen LogP contribution in [0.5, 0.6) is 11.5 Å². The zero-order chi connectivity index (χ0) is 20.9. The molecule has 2 aliphatic heterocycles. The molecule has 0 aromatic heterocycles. The molecule has 6 heteroatoms. The Labute approximate surface area is 180 Å². The zero-order valence-electron chi connectivity index (χ0n) is 18.4. The number of rotatable bonds is 7. The van der Waals surface area contributed by atoms with Crippen molar-refractivity contribution in [2.45, 2.75) is 69.9 Å². The summed E-state index contributed by atoms with van der Waals surface area (Å²) in [5, 5.41) is 3.14. The molecule has 4 rings (SSSR count). The largest absolute Gasteiger partial charge is 0.454 e. The van der Waals surface area contributed by atoms with Crippen LogP contribution in [0.3, 0.4) is 0 Å². The molecule has 1 aliphatic carbocycles. The van der Waals surface area contributed by atoms with Gasteiger partial charge in [0.2, 0.25) is 12.7 Å². The van der Waals surface area contributed by atoms with Crippen molar-refractivity contribution in [3.63, 3.8) is 0 Å². The summed E-state index contributed by atoms with van der Waals surface area (Å²) in [6.07, 6.45) is 7.92. The lowest BCUT2D eigenvalue weighted by molar-refractivity contribution is -0.131. The number of methoxy groups -OCH3 is 1. The van der Waals surface area contributed by atoms with E-state index in [2.05, 4.69) is 22.3 Å². The van der Waals surface area contributed by atoms with Crippen LogP contribution in [0, 0.1) is 5.92 Å². The summed E-state index contributed by atoms with van der Waals surface area (Å²) in [4.78, 5) is 14.6. The van der Waals surface area contributed by atoms with E-state index in [0.29, 0.717) is 18.8 Å². The Morgan fingerprint density at radius 3 is 2.67 bits per heavy atom. The number of para-hydroxylation sites is 1. The summed E-state index contributed by atoms with van der Waals surface area (Å²) in [5.74, 6) is 3.26. The lowest BCUT2D eigenvalue weighted by atomic mass is 9.83. The van der Waals surface area contributed by atoms with E-state index < -0.39 is 0 Å². The summed E-state index contributed by atoms with van der Waals surface area (Å²) in [6.45, 7) is 5.67. The molecule has 1 aromatic carbocycles. The number of carbonyl (C=O) groups is 1. The second kappa shape index (κ2) is 10.0. The molecule has 2 fully saturated rings. The number of nitrogens with zero attached hydrogens (tertiary/aromatic N) is 1. The predicted octanol–water partition coefficient (Wildman–Crippen LogP) is 3.69. The van der Waals surface area contributed by atoms with Crippen LogP contribution in [-0.2, 0) is 9.53 Å². The molecule has 2 heterocycles. The molecule has 30 heavy (non-hydrogen) atoms. The third kappa shape index (κ3) is 5.09. The van der Waals surface area contributed by atoms with E-state index in [-0.39, 0.29) is 12.0 Å². The highest BCUT2D eigenvalue weighted by Gasteiger charge is 2.28. The number of nitrogens with one attached hydrogen (secondary N) is 1. The van der Waals surface area contributed by atoms with Gasteiger partial charge in [-0.3, -0.25) is 4.79 Å². The summed E-state index contributed by atoms with van der Waals surface area (Å²) in [6, 6.07) is 6.61. The fraction of sp³-hybridized carbons (Fsp3) is 0.708. The minimum absolute atomic E-state index is 0.0184. The van der Waals surface area contributed by atoms with Crippen molar-refractivity contribution in [2.75, 3.05) is 33.5 Å². The number of fused-ring (bicyclic) bond motifs is 1. The van der Waals surface area contributed by atoms with Crippen LogP contribution in [0.1, 0.15) is 63.4 Å². The Hall–Kier alpha value is -1.79. The van der Waals surface area contributed by atoms with Crippen molar-refractivity contribution in [1.29, 1.82) is 0 Å². The Kier molecular flexibility index (Phi) is 7.16. The smallest absolute Gasteiger partial charge is 0.249 e. The van der Waals surface area contributed by atoms with E-state index in [1.165, 1.54) is 44.2 Å².